The lowest BCUT2D eigenvalue weighted by Gasteiger charge is -2.09. The van der Waals surface area contributed by atoms with Crippen LogP contribution in [0.15, 0.2) is 21.9 Å². The van der Waals surface area contributed by atoms with Gasteiger partial charge in [-0.15, -0.1) is 0 Å². The Morgan fingerprint density at radius 2 is 1.82 bits per heavy atom. The van der Waals surface area contributed by atoms with Crippen molar-refractivity contribution in [3.63, 3.8) is 0 Å². The zero-order chi connectivity index (χ0) is 16.3. The van der Waals surface area contributed by atoms with Gasteiger partial charge in [-0.1, -0.05) is 19.3 Å². The van der Waals surface area contributed by atoms with E-state index < -0.39 is 0 Å². The third kappa shape index (κ3) is 3.32. The van der Waals surface area contributed by atoms with E-state index in [0.717, 1.165) is 32.1 Å². The van der Waals surface area contributed by atoms with E-state index in [0.29, 0.717) is 17.6 Å². The lowest BCUT2D eigenvalue weighted by atomic mass is 10.1. The fourth-order valence-corrected chi connectivity index (χ4v) is 2.81. The molecule has 0 amide bonds. The van der Waals surface area contributed by atoms with Gasteiger partial charge in [0.25, 0.3) is 5.56 Å². The van der Waals surface area contributed by atoms with E-state index in [2.05, 4.69) is 0 Å². The van der Waals surface area contributed by atoms with Gasteiger partial charge in [-0.25, -0.2) is 4.79 Å². The Kier molecular flexibility index (Phi) is 5.24. The molecule has 2 aromatic rings. The van der Waals surface area contributed by atoms with E-state index >= 15 is 0 Å². The highest BCUT2D eigenvalue weighted by molar-refractivity contribution is 5.74. The van der Waals surface area contributed by atoms with E-state index in [1.165, 1.54) is 9.13 Å². The molecule has 0 aromatic carbocycles. The summed E-state index contributed by atoms with van der Waals surface area (Å²) in [5.41, 5.74) is 0.768. The second kappa shape index (κ2) is 6.96. The molecule has 2 aromatic heterocycles. The van der Waals surface area contributed by atoms with Crippen molar-refractivity contribution in [3.05, 3.63) is 33.1 Å². The van der Waals surface area contributed by atoms with Gasteiger partial charge in [0.1, 0.15) is 5.52 Å². The second-order valence-corrected chi connectivity index (χ2v) is 6.01. The first-order valence-electron chi connectivity index (χ1n) is 7.86. The zero-order valence-electron chi connectivity index (χ0n) is 13.6. The third-order valence-corrected chi connectivity index (χ3v) is 4.13. The molecule has 22 heavy (non-hydrogen) atoms. The highest BCUT2D eigenvalue weighted by atomic mass is 16.3. The van der Waals surface area contributed by atoms with Crippen molar-refractivity contribution in [2.24, 2.45) is 14.1 Å². The highest BCUT2D eigenvalue weighted by Gasteiger charge is 2.13. The SMILES string of the molecule is CC(O)CCCCCCn1c(=O)c2c(ccn2C)n(C)c1=O. The lowest BCUT2D eigenvalue weighted by molar-refractivity contribution is 0.180. The summed E-state index contributed by atoms with van der Waals surface area (Å²) in [7, 11) is 3.51. The largest absolute Gasteiger partial charge is 0.393 e. The van der Waals surface area contributed by atoms with Gasteiger partial charge in [0.05, 0.1) is 11.6 Å². The molecular formula is C16H25N3O3. The lowest BCUT2D eigenvalue weighted by Crippen LogP contribution is -2.39. The summed E-state index contributed by atoms with van der Waals surface area (Å²) in [5.74, 6) is 0. The number of aromatic nitrogens is 3. The van der Waals surface area contributed by atoms with Crippen LogP contribution in [0.4, 0.5) is 0 Å². The number of fused-ring (bicyclic) bond motifs is 1. The van der Waals surface area contributed by atoms with Gasteiger partial charge in [0.2, 0.25) is 0 Å². The first-order valence-corrected chi connectivity index (χ1v) is 7.86. The predicted molar refractivity (Wildman–Crippen MR) is 87.2 cm³/mol. The van der Waals surface area contributed by atoms with Gasteiger partial charge in [-0.2, -0.15) is 0 Å². The van der Waals surface area contributed by atoms with Gasteiger partial charge >= 0.3 is 5.69 Å². The topological polar surface area (TPSA) is 69.2 Å². The van der Waals surface area contributed by atoms with Crippen LogP contribution < -0.4 is 11.2 Å². The van der Waals surface area contributed by atoms with Gasteiger partial charge in [-0.05, 0) is 25.8 Å². The van der Waals surface area contributed by atoms with Crippen molar-refractivity contribution in [1.29, 1.82) is 0 Å². The molecule has 0 saturated carbocycles. The Morgan fingerprint density at radius 3 is 2.50 bits per heavy atom. The summed E-state index contributed by atoms with van der Waals surface area (Å²) in [4.78, 5) is 24.8. The highest BCUT2D eigenvalue weighted by Crippen LogP contribution is 2.09. The maximum Gasteiger partial charge on any atom is 0.331 e. The van der Waals surface area contributed by atoms with Gasteiger partial charge in [0, 0.05) is 26.8 Å². The van der Waals surface area contributed by atoms with Crippen molar-refractivity contribution < 1.29 is 5.11 Å². The van der Waals surface area contributed by atoms with Gasteiger partial charge in [0.15, 0.2) is 0 Å². The van der Waals surface area contributed by atoms with E-state index in [1.807, 2.05) is 7.05 Å². The number of nitrogens with zero attached hydrogens (tertiary/aromatic N) is 3. The minimum atomic E-state index is -0.257. The Balaban J connectivity index is 2.10. The molecule has 0 radical (unpaired) electrons. The van der Waals surface area contributed by atoms with Crippen LogP contribution in [0.25, 0.3) is 11.0 Å². The van der Waals surface area contributed by atoms with Crippen LogP contribution in [0, 0.1) is 0 Å². The molecule has 2 rings (SSSR count). The minimum absolute atomic E-state index is 0.213. The quantitative estimate of drug-likeness (QED) is 0.786. The standard InChI is InChI=1S/C16H25N3O3/c1-12(20)8-6-4-5-7-10-19-15(21)14-13(9-11-17(14)2)18(3)16(19)22/h9,11-12,20H,4-8,10H2,1-3H3. The molecule has 6 heteroatoms. The number of aliphatic hydroxyl groups is 1. The molecule has 6 nitrogen and oxygen atoms in total. The predicted octanol–water partition coefficient (Wildman–Crippen LogP) is 1.37. The fraction of sp³-hybridized carbons (Fsp3) is 0.625. The second-order valence-electron chi connectivity index (χ2n) is 6.01. The number of unbranched alkanes of at least 4 members (excludes halogenated alkanes) is 3. The molecule has 0 bridgehead atoms. The Morgan fingerprint density at radius 1 is 1.14 bits per heavy atom. The smallest absolute Gasteiger partial charge is 0.331 e. The minimum Gasteiger partial charge on any atom is -0.393 e. The summed E-state index contributed by atoms with van der Waals surface area (Å²) in [5, 5.41) is 9.20. The maximum absolute atomic E-state index is 12.5. The molecule has 0 fully saturated rings. The van der Waals surface area contributed by atoms with Crippen molar-refractivity contribution in [2.75, 3.05) is 0 Å². The van der Waals surface area contributed by atoms with Gasteiger partial charge in [-0.3, -0.25) is 13.9 Å². The van der Waals surface area contributed by atoms with E-state index in [4.69, 9.17) is 0 Å². The summed E-state index contributed by atoms with van der Waals surface area (Å²) in [6.07, 6.45) is 6.07. The summed E-state index contributed by atoms with van der Waals surface area (Å²) in [6, 6.07) is 1.79. The molecule has 0 saturated heterocycles. The molecule has 122 valence electrons. The number of aliphatic hydroxyl groups excluding tert-OH is 1. The summed E-state index contributed by atoms with van der Waals surface area (Å²) >= 11 is 0. The van der Waals surface area contributed by atoms with Crippen LogP contribution in [-0.2, 0) is 20.6 Å². The van der Waals surface area contributed by atoms with Crippen LogP contribution in [0.2, 0.25) is 0 Å². The monoisotopic (exact) mass is 307 g/mol. The molecule has 0 aliphatic rings. The molecule has 1 N–H and O–H groups in total. The molecule has 1 atom stereocenters. The van der Waals surface area contributed by atoms with E-state index in [9.17, 15) is 14.7 Å². The molecule has 2 heterocycles. The summed E-state index contributed by atoms with van der Waals surface area (Å²) in [6.45, 7) is 2.24. The van der Waals surface area contributed by atoms with Gasteiger partial charge < -0.3 is 9.67 Å². The van der Waals surface area contributed by atoms with Crippen LogP contribution in [0.3, 0.4) is 0 Å². The number of hydrogen-bond acceptors (Lipinski definition) is 3. The zero-order valence-corrected chi connectivity index (χ0v) is 13.6. The van der Waals surface area contributed by atoms with Crippen molar-refractivity contribution >= 4 is 11.0 Å². The first-order chi connectivity index (χ1) is 10.4. The Bertz CT molecular complexity index is 752. The van der Waals surface area contributed by atoms with Crippen LogP contribution in [-0.4, -0.2) is 24.9 Å². The normalized spacial score (nSPS) is 12.9. The molecular weight excluding hydrogens is 282 g/mol. The van der Waals surface area contributed by atoms with Crippen LogP contribution >= 0.6 is 0 Å². The molecule has 0 spiro atoms. The van der Waals surface area contributed by atoms with Crippen LogP contribution in [0.1, 0.15) is 39.0 Å². The molecule has 0 aliphatic carbocycles. The van der Waals surface area contributed by atoms with Crippen LogP contribution in [0.5, 0.6) is 0 Å². The Hall–Kier alpha value is -1.82. The summed E-state index contributed by atoms with van der Waals surface area (Å²) < 4.78 is 4.62. The molecule has 0 aliphatic heterocycles. The maximum atomic E-state index is 12.5. The van der Waals surface area contributed by atoms with Crippen molar-refractivity contribution in [3.8, 4) is 0 Å². The van der Waals surface area contributed by atoms with Crippen molar-refractivity contribution in [1.82, 2.24) is 13.7 Å². The number of rotatable bonds is 7. The number of hydrogen-bond donors (Lipinski definition) is 1. The van der Waals surface area contributed by atoms with Crippen molar-refractivity contribution in [2.45, 2.75) is 51.7 Å². The fourth-order valence-electron chi connectivity index (χ4n) is 2.81. The molecule has 1 unspecified atom stereocenters. The first kappa shape index (κ1) is 16.5. The van der Waals surface area contributed by atoms with E-state index in [-0.39, 0.29) is 17.4 Å². The van der Waals surface area contributed by atoms with E-state index in [1.54, 1.807) is 30.8 Å². The third-order valence-electron chi connectivity index (χ3n) is 4.13. The average Bonchev–Trinajstić information content (AvgIpc) is 2.85. The average molecular weight is 307 g/mol. The Labute approximate surface area is 129 Å². The number of aryl methyl sites for hydroxylation is 2.